The lowest BCUT2D eigenvalue weighted by Crippen LogP contribution is -2.48. The molecule has 0 N–H and O–H groups in total. The predicted molar refractivity (Wildman–Crippen MR) is 97.3 cm³/mol. The fourth-order valence-corrected chi connectivity index (χ4v) is 3.96. The van der Waals surface area contributed by atoms with E-state index < -0.39 is 0 Å². The van der Waals surface area contributed by atoms with E-state index in [4.69, 9.17) is 0 Å². The lowest BCUT2D eigenvalue weighted by atomic mass is 10.0. The Kier molecular flexibility index (Phi) is 4.42. The fraction of sp³-hybridized carbons (Fsp3) is 0.333. The van der Waals surface area contributed by atoms with Crippen molar-refractivity contribution in [1.29, 1.82) is 0 Å². The summed E-state index contributed by atoms with van der Waals surface area (Å²) in [4.78, 5) is 24.1. The second-order valence-corrected chi connectivity index (χ2v) is 7.70. The van der Waals surface area contributed by atoms with Crippen LogP contribution in [0.5, 0.6) is 0 Å². The van der Waals surface area contributed by atoms with Gasteiger partial charge in [-0.1, -0.05) is 0 Å². The molecule has 4 heterocycles. The molecule has 25 heavy (non-hydrogen) atoms. The molecule has 0 atom stereocenters. The molecule has 0 saturated carbocycles. The minimum absolute atomic E-state index is 0.0469. The van der Waals surface area contributed by atoms with E-state index in [0.29, 0.717) is 12.5 Å². The van der Waals surface area contributed by atoms with Gasteiger partial charge in [0.1, 0.15) is 0 Å². The summed E-state index contributed by atoms with van der Waals surface area (Å²) in [5, 5.41) is 5.63. The van der Waals surface area contributed by atoms with Crippen molar-refractivity contribution in [2.45, 2.75) is 20.0 Å². The molecule has 1 aliphatic heterocycles. The minimum atomic E-state index is -0.0469. The average Bonchev–Trinajstić information content (AvgIpc) is 3.00. The maximum Gasteiger partial charge on any atom is 0.266 e. The van der Waals surface area contributed by atoms with Crippen molar-refractivity contribution in [3.63, 3.8) is 0 Å². The maximum absolute atomic E-state index is 12.1. The van der Waals surface area contributed by atoms with E-state index in [2.05, 4.69) is 20.0 Å². The topological polar surface area (TPSA) is 63.9 Å². The van der Waals surface area contributed by atoms with Crippen LogP contribution in [0.2, 0.25) is 0 Å². The summed E-state index contributed by atoms with van der Waals surface area (Å²) in [6.07, 6.45) is 5.42. The summed E-state index contributed by atoms with van der Waals surface area (Å²) in [6.45, 7) is 5.62. The van der Waals surface area contributed by atoms with Gasteiger partial charge in [-0.15, -0.1) is 11.3 Å². The van der Waals surface area contributed by atoms with Gasteiger partial charge in [0.05, 0.1) is 17.2 Å². The monoisotopic (exact) mass is 353 g/mol. The quantitative estimate of drug-likeness (QED) is 0.704. The zero-order chi connectivity index (χ0) is 17.2. The summed E-state index contributed by atoms with van der Waals surface area (Å²) >= 11 is 1.75. The van der Waals surface area contributed by atoms with Crippen LogP contribution >= 0.6 is 11.3 Å². The number of pyridine rings is 1. The molecule has 0 bridgehead atoms. The molecule has 3 aromatic rings. The highest BCUT2D eigenvalue weighted by Gasteiger charge is 2.27. The maximum atomic E-state index is 12.1. The highest BCUT2D eigenvalue weighted by molar-refractivity contribution is 7.11. The normalized spacial score (nSPS) is 15.2. The third-order valence-electron chi connectivity index (χ3n) is 4.36. The standard InChI is InChI=1S/C18H19N5OS/c1-13-20-8-16(25-13)12-22-9-14(10-22)11-23-18(24)3-2-17(21-23)15-4-6-19-7-5-15/h2-8,14H,9-12H2,1H3. The van der Waals surface area contributed by atoms with Crippen molar-refractivity contribution >= 4 is 11.3 Å². The number of hydrogen-bond donors (Lipinski definition) is 0. The second kappa shape index (κ2) is 6.85. The van der Waals surface area contributed by atoms with Gasteiger partial charge in [-0.3, -0.25) is 14.7 Å². The molecule has 0 unspecified atom stereocenters. The van der Waals surface area contributed by atoms with Gasteiger partial charge in [-0.05, 0) is 25.1 Å². The van der Waals surface area contributed by atoms with Crippen molar-refractivity contribution in [2.24, 2.45) is 5.92 Å². The van der Waals surface area contributed by atoms with Gasteiger partial charge in [0, 0.05) is 60.6 Å². The van der Waals surface area contributed by atoms with Crippen molar-refractivity contribution in [2.75, 3.05) is 13.1 Å². The van der Waals surface area contributed by atoms with E-state index in [1.807, 2.05) is 25.3 Å². The Labute approximate surface area is 149 Å². The van der Waals surface area contributed by atoms with Gasteiger partial charge in [-0.2, -0.15) is 5.10 Å². The third-order valence-corrected chi connectivity index (χ3v) is 5.25. The number of thiazole rings is 1. The van der Waals surface area contributed by atoms with E-state index in [9.17, 15) is 4.79 Å². The van der Waals surface area contributed by atoms with Gasteiger partial charge >= 0.3 is 0 Å². The van der Waals surface area contributed by atoms with Crippen LogP contribution in [0.4, 0.5) is 0 Å². The molecule has 1 saturated heterocycles. The molecule has 3 aromatic heterocycles. The zero-order valence-corrected chi connectivity index (χ0v) is 14.8. The Balaban J connectivity index is 1.39. The number of aryl methyl sites for hydroxylation is 1. The first-order valence-electron chi connectivity index (χ1n) is 8.29. The zero-order valence-electron chi connectivity index (χ0n) is 14.0. The van der Waals surface area contributed by atoms with Crippen LogP contribution in [0.25, 0.3) is 11.3 Å². The van der Waals surface area contributed by atoms with E-state index >= 15 is 0 Å². The van der Waals surface area contributed by atoms with Crippen LogP contribution < -0.4 is 5.56 Å². The summed E-state index contributed by atoms with van der Waals surface area (Å²) < 4.78 is 1.59. The van der Waals surface area contributed by atoms with E-state index in [1.165, 1.54) is 4.88 Å². The summed E-state index contributed by atoms with van der Waals surface area (Å²) in [5.41, 5.74) is 1.73. The Bertz CT molecular complexity index is 914. The largest absolute Gasteiger partial charge is 0.297 e. The molecule has 6 nitrogen and oxygen atoms in total. The van der Waals surface area contributed by atoms with E-state index in [-0.39, 0.29) is 5.56 Å². The molecule has 1 fully saturated rings. The lowest BCUT2D eigenvalue weighted by molar-refractivity contribution is 0.0777. The number of likely N-dealkylation sites (tertiary alicyclic amines) is 1. The molecule has 1 aliphatic rings. The lowest BCUT2D eigenvalue weighted by Gasteiger charge is -2.38. The Morgan fingerprint density at radius 2 is 2.00 bits per heavy atom. The van der Waals surface area contributed by atoms with Gasteiger partial charge in [0.15, 0.2) is 0 Å². The van der Waals surface area contributed by atoms with Crippen molar-refractivity contribution in [3.8, 4) is 11.3 Å². The molecule has 4 rings (SSSR count). The van der Waals surface area contributed by atoms with Crippen molar-refractivity contribution < 1.29 is 0 Å². The fourth-order valence-electron chi connectivity index (χ4n) is 3.12. The molecule has 7 heteroatoms. The van der Waals surface area contributed by atoms with Crippen LogP contribution in [0.1, 0.15) is 9.88 Å². The second-order valence-electron chi connectivity index (χ2n) is 6.38. The van der Waals surface area contributed by atoms with Gasteiger partial charge in [0.25, 0.3) is 5.56 Å². The van der Waals surface area contributed by atoms with Gasteiger partial charge in [0.2, 0.25) is 0 Å². The molecule has 128 valence electrons. The first-order chi connectivity index (χ1) is 12.2. The van der Waals surface area contributed by atoms with Gasteiger partial charge < -0.3 is 0 Å². The number of nitrogens with zero attached hydrogens (tertiary/aromatic N) is 5. The molecular weight excluding hydrogens is 334 g/mol. The first kappa shape index (κ1) is 16.1. The first-order valence-corrected chi connectivity index (χ1v) is 9.11. The highest BCUT2D eigenvalue weighted by atomic mass is 32.1. The molecule has 0 aliphatic carbocycles. The number of aromatic nitrogens is 4. The number of rotatable bonds is 5. The summed E-state index contributed by atoms with van der Waals surface area (Å²) in [5.74, 6) is 0.465. The predicted octanol–water partition coefficient (Wildman–Crippen LogP) is 2.20. The van der Waals surface area contributed by atoms with Crippen molar-refractivity contribution in [3.05, 3.63) is 63.1 Å². The minimum Gasteiger partial charge on any atom is -0.297 e. The molecule has 0 aromatic carbocycles. The summed E-state index contributed by atoms with van der Waals surface area (Å²) in [7, 11) is 0. The van der Waals surface area contributed by atoms with Crippen molar-refractivity contribution in [1.82, 2.24) is 24.6 Å². The average molecular weight is 353 g/mol. The van der Waals surface area contributed by atoms with Crippen LogP contribution in [-0.4, -0.2) is 37.7 Å². The molecular formula is C18H19N5OS. The van der Waals surface area contributed by atoms with Gasteiger partial charge in [-0.25, -0.2) is 9.67 Å². The van der Waals surface area contributed by atoms with E-state index in [0.717, 1.165) is 35.9 Å². The van der Waals surface area contributed by atoms with Crippen LogP contribution in [-0.2, 0) is 13.1 Å². The third kappa shape index (κ3) is 3.67. The summed E-state index contributed by atoms with van der Waals surface area (Å²) in [6, 6.07) is 7.17. The van der Waals surface area contributed by atoms with Crippen LogP contribution in [0.15, 0.2) is 47.7 Å². The molecule has 0 spiro atoms. The molecule has 0 radical (unpaired) electrons. The molecule has 0 amide bonds. The van der Waals surface area contributed by atoms with Crippen LogP contribution in [0.3, 0.4) is 0 Å². The van der Waals surface area contributed by atoms with E-state index in [1.54, 1.807) is 40.5 Å². The Morgan fingerprint density at radius 1 is 1.20 bits per heavy atom. The SMILES string of the molecule is Cc1ncc(CN2CC(Cn3nc(-c4ccncc4)ccc3=O)C2)s1. The highest BCUT2D eigenvalue weighted by Crippen LogP contribution is 2.22. The Morgan fingerprint density at radius 3 is 2.72 bits per heavy atom. The number of hydrogen-bond acceptors (Lipinski definition) is 6. The van der Waals surface area contributed by atoms with Crippen LogP contribution in [0, 0.1) is 12.8 Å². The smallest absolute Gasteiger partial charge is 0.266 e. The Hall–Kier alpha value is -2.38.